The molecule has 180 valence electrons. The van der Waals surface area contributed by atoms with E-state index in [0.29, 0.717) is 0 Å². The van der Waals surface area contributed by atoms with Crippen LogP contribution in [0.2, 0.25) is 0 Å². The Morgan fingerprint density at radius 3 is 1.97 bits per heavy atom. The fourth-order valence-electron chi connectivity index (χ4n) is 6.17. The summed E-state index contributed by atoms with van der Waals surface area (Å²) in [6.45, 7) is 2.25. The molecule has 0 radical (unpaired) electrons. The molecule has 0 aromatic heterocycles. The highest BCUT2D eigenvalue weighted by Crippen LogP contribution is 2.41. The lowest BCUT2D eigenvalue weighted by atomic mass is 9.85. The number of benzene rings is 7. The first-order valence-corrected chi connectivity index (χ1v) is 13.3. The molecule has 0 aliphatic heterocycles. The van der Waals surface area contributed by atoms with Gasteiger partial charge in [0.25, 0.3) is 0 Å². The molecule has 0 fully saturated rings. The summed E-state index contributed by atoms with van der Waals surface area (Å²) in [4.78, 5) is 0. The maximum Gasteiger partial charge on any atom is -0.00265 e. The molecule has 0 aliphatic rings. The van der Waals surface area contributed by atoms with Gasteiger partial charge in [-0.15, -0.1) is 0 Å². The van der Waals surface area contributed by atoms with Gasteiger partial charge in [0, 0.05) is 0 Å². The van der Waals surface area contributed by atoms with Gasteiger partial charge in [-0.2, -0.15) is 0 Å². The van der Waals surface area contributed by atoms with Gasteiger partial charge in [-0.05, 0) is 90.3 Å². The maximum absolute atomic E-state index is 2.35. The molecule has 0 unspecified atom stereocenters. The highest BCUT2D eigenvalue weighted by Gasteiger charge is 2.15. The average molecular weight is 485 g/mol. The zero-order chi connectivity index (χ0) is 25.5. The Morgan fingerprint density at radius 1 is 0.526 bits per heavy atom. The Balaban J connectivity index is 1.42. The van der Waals surface area contributed by atoms with E-state index in [9.17, 15) is 0 Å². The minimum Gasteiger partial charge on any atom is -0.0795 e. The van der Waals surface area contributed by atoms with Crippen LogP contribution in [0, 0.1) is 6.92 Å². The highest BCUT2D eigenvalue weighted by atomic mass is 14.2. The Hall–Kier alpha value is -4.68. The van der Waals surface area contributed by atoms with Crippen LogP contribution in [0.1, 0.15) is 16.7 Å². The monoisotopic (exact) mass is 484 g/mol. The summed E-state index contributed by atoms with van der Waals surface area (Å²) in [5.41, 5.74) is 6.59. The lowest BCUT2D eigenvalue weighted by Gasteiger charge is -2.18. The summed E-state index contributed by atoms with van der Waals surface area (Å²) in [6.07, 6.45) is 5.54. The fourth-order valence-corrected chi connectivity index (χ4v) is 6.17. The number of hydrogen-bond acceptors (Lipinski definition) is 0. The zero-order valence-corrected chi connectivity index (χ0v) is 21.5. The van der Waals surface area contributed by atoms with Crippen LogP contribution in [0.4, 0.5) is 0 Å². The molecule has 0 heteroatoms. The first kappa shape index (κ1) is 22.5. The number of rotatable bonds is 4. The molecular weight excluding hydrogens is 456 g/mol. The van der Waals surface area contributed by atoms with Gasteiger partial charge in [0.15, 0.2) is 0 Å². The van der Waals surface area contributed by atoms with Crippen molar-refractivity contribution in [3.05, 3.63) is 150 Å². The van der Waals surface area contributed by atoms with Gasteiger partial charge in [-0.25, -0.2) is 0 Å². The number of hydrogen-bond donors (Lipinski definition) is 0. The molecule has 0 heterocycles. The van der Waals surface area contributed by atoms with Crippen LogP contribution in [-0.4, -0.2) is 0 Å². The smallest absolute Gasteiger partial charge is 0.00265 e. The van der Waals surface area contributed by atoms with E-state index >= 15 is 0 Å². The highest BCUT2D eigenvalue weighted by molar-refractivity contribution is 6.16. The predicted octanol–water partition coefficient (Wildman–Crippen LogP) is 10.5. The normalized spacial score (nSPS) is 11.8. The fraction of sp³-hybridized carbons (Fsp3) is 0.0526. The van der Waals surface area contributed by atoms with Crippen molar-refractivity contribution in [1.29, 1.82) is 0 Å². The van der Waals surface area contributed by atoms with Crippen molar-refractivity contribution in [2.45, 2.75) is 13.3 Å². The van der Waals surface area contributed by atoms with Gasteiger partial charge < -0.3 is 0 Å². The molecule has 7 aromatic rings. The van der Waals surface area contributed by atoms with Gasteiger partial charge in [-0.1, -0.05) is 133 Å². The summed E-state index contributed by atoms with van der Waals surface area (Å²) in [7, 11) is 0. The molecule has 38 heavy (non-hydrogen) atoms. The van der Waals surface area contributed by atoms with Crippen molar-refractivity contribution in [1.82, 2.24) is 0 Å². The lowest BCUT2D eigenvalue weighted by Crippen LogP contribution is -1.94. The molecule has 0 saturated heterocycles. The van der Waals surface area contributed by atoms with Gasteiger partial charge in [0.05, 0.1) is 0 Å². The van der Waals surface area contributed by atoms with Crippen LogP contribution in [0.25, 0.3) is 60.3 Å². The molecule has 0 amide bonds. The van der Waals surface area contributed by atoms with Crippen molar-refractivity contribution in [3.8, 4) is 11.1 Å². The molecule has 7 rings (SSSR count). The topological polar surface area (TPSA) is 0 Å². The van der Waals surface area contributed by atoms with Crippen LogP contribution in [-0.2, 0) is 6.42 Å². The molecule has 0 aliphatic carbocycles. The van der Waals surface area contributed by atoms with E-state index in [1.54, 1.807) is 0 Å². The Morgan fingerprint density at radius 2 is 1.16 bits per heavy atom. The molecule has 0 N–H and O–H groups in total. The Labute approximate surface area is 223 Å². The Bertz CT molecular complexity index is 1990. The predicted molar refractivity (Wildman–Crippen MR) is 166 cm³/mol. The van der Waals surface area contributed by atoms with E-state index in [-0.39, 0.29) is 0 Å². The average Bonchev–Trinajstić information content (AvgIpc) is 2.97. The summed E-state index contributed by atoms with van der Waals surface area (Å²) in [6, 6.07) is 46.2. The van der Waals surface area contributed by atoms with Crippen LogP contribution < -0.4 is 0 Å². The van der Waals surface area contributed by atoms with Crippen molar-refractivity contribution in [2.75, 3.05) is 0 Å². The van der Waals surface area contributed by atoms with Gasteiger partial charge in [-0.3, -0.25) is 0 Å². The van der Waals surface area contributed by atoms with Crippen LogP contribution >= 0.6 is 0 Å². The van der Waals surface area contributed by atoms with Gasteiger partial charge >= 0.3 is 0 Å². The molecule has 0 atom stereocenters. The molecule has 0 spiro atoms. The van der Waals surface area contributed by atoms with Gasteiger partial charge in [0.2, 0.25) is 0 Å². The standard InChI is InChI=1S/C38H28/c1-26-13-11-24-36-37(26)34(33-21-9-10-22-35(33)38(36)27-14-3-2-4-15-27)23-12-17-29-25-28-16-5-6-18-30(28)32-20-8-7-19-31(29)32/h2-22,24-25H,23H2,1H3/b17-12-. The number of allylic oxidation sites excluding steroid dienone is 1. The molecule has 0 bridgehead atoms. The van der Waals surface area contributed by atoms with E-state index in [1.807, 2.05) is 0 Å². The molecule has 7 aromatic carbocycles. The third-order valence-corrected chi connectivity index (χ3v) is 7.85. The number of aryl methyl sites for hydroxylation is 1. The first-order chi connectivity index (χ1) is 18.8. The van der Waals surface area contributed by atoms with Crippen LogP contribution in [0.5, 0.6) is 0 Å². The van der Waals surface area contributed by atoms with Crippen molar-refractivity contribution >= 4 is 49.2 Å². The van der Waals surface area contributed by atoms with Crippen LogP contribution in [0.15, 0.2) is 133 Å². The quantitative estimate of drug-likeness (QED) is 0.172. The Kier molecular flexibility index (Phi) is 5.52. The second kappa shape index (κ2) is 9.32. The maximum atomic E-state index is 2.35. The van der Waals surface area contributed by atoms with Crippen molar-refractivity contribution < 1.29 is 0 Å². The summed E-state index contributed by atoms with van der Waals surface area (Å²) in [5, 5.41) is 10.6. The number of fused-ring (bicyclic) bond motifs is 5. The van der Waals surface area contributed by atoms with E-state index in [0.717, 1.165) is 6.42 Å². The first-order valence-electron chi connectivity index (χ1n) is 13.3. The van der Waals surface area contributed by atoms with Crippen LogP contribution in [0.3, 0.4) is 0 Å². The molecule has 0 saturated carbocycles. The summed E-state index contributed by atoms with van der Waals surface area (Å²) < 4.78 is 0. The largest absolute Gasteiger partial charge is 0.0795 e. The van der Waals surface area contributed by atoms with Crippen molar-refractivity contribution in [2.24, 2.45) is 0 Å². The third kappa shape index (κ3) is 3.69. The second-order valence-corrected chi connectivity index (χ2v) is 10.1. The van der Waals surface area contributed by atoms with E-state index in [4.69, 9.17) is 0 Å². The summed E-state index contributed by atoms with van der Waals surface area (Å²) in [5.74, 6) is 0. The van der Waals surface area contributed by atoms with E-state index in [2.05, 4.69) is 146 Å². The van der Waals surface area contributed by atoms with E-state index < -0.39 is 0 Å². The minimum atomic E-state index is 0.873. The minimum absolute atomic E-state index is 0.873. The van der Waals surface area contributed by atoms with Crippen molar-refractivity contribution in [3.63, 3.8) is 0 Å². The molecule has 0 nitrogen and oxygen atoms in total. The zero-order valence-electron chi connectivity index (χ0n) is 21.5. The van der Waals surface area contributed by atoms with E-state index in [1.165, 1.54) is 70.9 Å². The molecular formula is C38H28. The second-order valence-electron chi connectivity index (χ2n) is 10.1. The SMILES string of the molecule is Cc1cccc2c(-c3ccccc3)c3ccccc3c(C/C=C\c3cc4ccccc4c4ccccc34)c12. The van der Waals surface area contributed by atoms with Gasteiger partial charge in [0.1, 0.15) is 0 Å². The summed E-state index contributed by atoms with van der Waals surface area (Å²) >= 11 is 0. The lowest BCUT2D eigenvalue weighted by molar-refractivity contribution is 1.33. The third-order valence-electron chi connectivity index (χ3n) is 7.85.